The first-order chi connectivity index (χ1) is 9.97. The molecule has 3 rings (SSSR count). The zero-order valence-corrected chi connectivity index (χ0v) is 13.2. The number of nitrogens with zero attached hydrogens (tertiary/aromatic N) is 1. The lowest BCUT2D eigenvalue weighted by atomic mass is 9.49. The molecule has 2 atom stereocenters. The van der Waals surface area contributed by atoms with Gasteiger partial charge in [-0.15, -0.1) is 0 Å². The molecule has 112 valence electrons. The van der Waals surface area contributed by atoms with Crippen molar-refractivity contribution in [1.82, 2.24) is 0 Å². The van der Waals surface area contributed by atoms with Crippen molar-refractivity contribution in [1.29, 1.82) is 5.26 Å². The minimum atomic E-state index is -0.927. The zero-order valence-electron chi connectivity index (χ0n) is 13.2. The lowest BCUT2D eigenvalue weighted by Gasteiger charge is -2.56. The molecule has 2 nitrogen and oxygen atoms in total. The molecule has 2 aliphatic carbocycles. The van der Waals surface area contributed by atoms with E-state index in [1.807, 2.05) is 12.1 Å². The molecule has 2 unspecified atom stereocenters. The molecule has 2 heteroatoms. The number of aryl methyl sites for hydroxylation is 1. The van der Waals surface area contributed by atoms with Gasteiger partial charge < -0.3 is 5.11 Å². The van der Waals surface area contributed by atoms with Crippen LogP contribution in [0.25, 0.3) is 0 Å². The molecule has 21 heavy (non-hydrogen) atoms. The van der Waals surface area contributed by atoms with Gasteiger partial charge in [0, 0.05) is 0 Å². The Morgan fingerprint density at radius 1 is 1.05 bits per heavy atom. The summed E-state index contributed by atoms with van der Waals surface area (Å²) >= 11 is 0. The van der Waals surface area contributed by atoms with Crippen LogP contribution >= 0.6 is 0 Å². The van der Waals surface area contributed by atoms with Crippen molar-refractivity contribution in [3.8, 4) is 6.07 Å². The number of fused-ring (bicyclic) bond motifs is 1. The van der Waals surface area contributed by atoms with Gasteiger partial charge >= 0.3 is 0 Å². The predicted molar refractivity (Wildman–Crippen MR) is 83.9 cm³/mol. The van der Waals surface area contributed by atoms with Gasteiger partial charge in [0.15, 0.2) is 0 Å². The van der Waals surface area contributed by atoms with E-state index in [4.69, 9.17) is 0 Å². The highest BCUT2D eigenvalue weighted by Gasteiger charge is 2.61. The van der Waals surface area contributed by atoms with Gasteiger partial charge in [0.05, 0.1) is 11.7 Å². The Balaban J connectivity index is 2.21. The molecule has 1 N–H and O–H groups in total. The predicted octanol–water partition coefficient (Wildman–Crippen LogP) is 4.12. The fourth-order valence-electron chi connectivity index (χ4n) is 4.76. The summed E-state index contributed by atoms with van der Waals surface area (Å²) in [7, 11) is 0. The maximum Gasteiger partial charge on any atom is 0.112 e. The summed E-state index contributed by atoms with van der Waals surface area (Å²) in [6.45, 7) is 4.28. The van der Waals surface area contributed by atoms with Crippen LogP contribution in [-0.2, 0) is 11.8 Å². The van der Waals surface area contributed by atoms with Crippen molar-refractivity contribution in [2.45, 2.75) is 69.8 Å². The van der Waals surface area contributed by atoms with Crippen molar-refractivity contribution in [2.75, 3.05) is 0 Å². The van der Waals surface area contributed by atoms with Crippen LogP contribution < -0.4 is 0 Å². The van der Waals surface area contributed by atoms with Gasteiger partial charge in [-0.2, -0.15) is 5.26 Å². The molecule has 2 aliphatic rings. The Bertz CT molecular complexity index is 585. The Morgan fingerprint density at radius 3 is 2.48 bits per heavy atom. The molecule has 1 aromatic carbocycles. The van der Waals surface area contributed by atoms with Crippen molar-refractivity contribution >= 4 is 0 Å². The van der Waals surface area contributed by atoms with Gasteiger partial charge in [-0.3, -0.25) is 0 Å². The molecule has 1 fully saturated rings. The molecular formula is C19H25NO. The highest BCUT2D eigenvalue weighted by molar-refractivity contribution is 5.46. The van der Waals surface area contributed by atoms with E-state index in [9.17, 15) is 10.4 Å². The number of rotatable bonds is 1. The molecule has 0 aliphatic heterocycles. The molecule has 0 heterocycles. The molecule has 0 aromatic heterocycles. The van der Waals surface area contributed by atoms with Crippen molar-refractivity contribution in [3.05, 3.63) is 35.4 Å². The third kappa shape index (κ3) is 1.87. The summed E-state index contributed by atoms with van der Waals surface area (Å²) in [5.74, 6) is 0. The summed E-state index contributed by atoms with van der Waals surface area (Å²) in [5, 5.41) is 21.8. The number of aliphatic hydroxyl groups is 1. The van der Waals surface area contributed by atoms with E-state index in [0.29, 0.717) is 0 Å². The maximum atomic E-state index is 11.7. The van der Waals surface area contributed by atoms with Crippen LogP contribution in [0.15, 0.2) is 24.3 Å². The monoisotopic (exact) mass is 283 g/mol. The van der Waals surface area contributed by atoms with Crippen LogP contribution in [0.3, 0.4) is 0 Å². The number of hydrogen-bond acceptors (Lipinski definition) is 2. The Labute approximate surface area is 127 Å². The molecule has 0 saturated heterocycles. The number of nitriles is 1. The molecule has 1 aromatic rings. The number of hydrogen-bond donors (Lipinski definition) is 1. The smallest absolute Gasteiger partial charge is 0.112 e. The van der Waals surface area contributed by atoms with E-state index in [2.05, 4.69) is 32.0 Å². The van der Waals surface area contributed by atoms with Gasteiger partial charge in [-0.1, -0.05) is 51.0 Å². The quantitative estimate of drug-likeness (QED) is 0.842. The van der Waals surface area contributed by atoms with Crippen LogP contribution in [0, 0.1) is 16.7 Å². The van der Waals surface area contributed by atoms with E-state index in [-0.39, 0.29) is 5.41 Å². The molecule has 0 amide bonds. The second-order valence-electron chi connectivity index (χ2n) is 7.48. The van der Waals surface area contributed by atoms with Gasteiger partial charge in [0.1, 0.15) is 5.41 Å². The van der Waals surface area contributed by atoms with Crippen LogP contribution in [0.2, 0.25) is 0 Å². The van der Waals surface area contributed by atoms with Crippen LogP contribution in [0.5, 0.6) is 0 Å². The normalized spacial score (nSPS) is 34.8. The average Bonchev–Trinajstić information content (AvgIpc) is 2.49. The van der Waals surface area contributed by atoms with Crippen LogP contribution in [-0.4, -0.2) is 10.7 Å². The van der Waals surface area contributed by atoms with E-state index >= 15 is 0 Å². The molecule has 0 spiro atoms. The first kappa shape index (κ1) is 14.6. The maximum absolute atomic E-state index is 11.7. The molecular weight excluding hydrogens is 258 g/mol. The second kappa shape index (κ2) is 4.85. The summed E-state index contributed by atoms with van der Waals surface area (Å²) in [6, 6.07) is 10.8. The molecule has 0 radical (unpaired) electrons. The Kier molecular flexibility index (Phi) is 3.37. The Morgan fingerprint density at radius 2 is 1.76 bits per heavy atom. The van der Waals surface area contributed by atoms with Crippen LogP contribution in [0.4, 0.5) is 0 Å². The first-order valence-corrected chi connectivity index (χ1v) is 8.19. The van der Waals surface area contributed by atoms with E-state index in [1.165, 1.54) is 5.56 Å². The minimum Gasteiger partial charge on any atom is -0.387 e. The molecule has 0 bridgehead atoms. The summed E-state index contributed by atoms with van der Waals surface area (Å²) in [4.78, 5) is 0. The SMILES string of the molecule is CC1(C)CCCCC1(O)C1(C#N)CCCc2ccccc21. The summed E-state index contributed by atoms with van der Waals surface area (Å²) < 4.78 is 0. The van der Waals surface area contributed by atoms with Gasteiger partial charge in [-0.05, 0) is 48.6 Å². The standard InChI is InChI=1S/C19H25NO/c1-17(2)11-5-6-13-19(17,21)18(14-20)12-7-9-15-8-3-4-10-16(15)18/h3-4,8,10,21H,5-7,9,11-13H2,1-2H3. The fourth-order valence-corrected chi connectivity index (χ4v) is 4.76. The van der Waals surface area contributed by atoms with Crippen LogP contribution in [0.1, 0.15) is 63.5 Å². The van der Waals surface area contributed by atoms with Crippen molar-refractivity contribution < 1.29 is 5.11 Å². The lowest BCUT2D eigenvalue weighted by molar-refractivity contribution is -0.141. The first-order valence-electron chi connectivity index (χ1n) is 8.19. The largest absolute Gasteiger partial charge is 0.387 e. The number of benzene rings is 1. The van der Waals surface area contributed by atoms with Gasteiger partial charge in [-0.25, -0.2) is 0 Å². The summed E-state index contributed by atoms with van der Waals surface area (Å²) in [6.07, 6.45) is 6.69. The average molecular weight is 283 g/mol. The van der Waals surface area contributed by atoms with Gasteiger partial charge in [0.2, 0.25) is 0 Å². The third-order valence-electron chi connectivity index (χ3n) is 6.08. The van der Waals surface area contributed by atoms with E-state index in [0.717, 1.165) is 50.5 Å². The van der Waals surface area contributed by atoms with E-state index in [1.54, 1.807) is 0 Å². The Hall–Kier alpha value is -1.33. The minimum absolute atomic E-state index is 0.217. The summed E-state index contributed by atoms with van der Waals surface area (Å²) in [5.41, 5.74) is 0.442. The molecule has 1 saturated carbocycles. The highest BCUT2D eigenvalue weighted by atomic mass is 16.3. The third-order valence-corrected chi connectivity index (χ3v) is 6.08. The van der Waals surface area contributed by atoms with Crippen molar-refractivity contribution in [2.24, 2.45) is 5.41 Å². The zero-order chi connectivity index (χ0) is 15.1. The highest BCUT2D eigenvalue weighted by Crippen LogP contribution is 2.57. The topological polar surface area (TPSA) is 44.0 Å². The second-order valence-corrected chi connectivity index (χ2v) is 7.48. The van der Waals surface area contributed by atoms with Crippen molar-refractivity contribution in [3.63, 3.8) is 0 Å². The fraction of sp³-hybridized carbons (Fsp3) is 0.632. The lowest BCUT2D eigenvalue weighted by Crippen LogP contribution is -2.62. The van der Waals surface area contributed by atoms with Gasteiger partial charge in [0.25, 0.3) is 0 Å². The van der Waals surface area contributed by atoms with E-state index < -0.39 is 11.0 Å².